The Bertz CT molecular complexity index is 258. The molecule has 0 unspecified atom stereocenters. The molecule has 1 aromatic heterocycles. The molecule has 0 aliphatic heterocycles. The molecule has 1 rings (SSSR count). The highest BCUT2D eigenvalue weighted by Crippen LogP contribution is 2.13. The van der Waals surface area contributed by atoms with Crippen molar-refractivity contribution in [2.45, 2.75) is 13.5 Å². The molecule has 1 heterocycles. The standard InChI is InChI=1S/C9H17N3OS/c1-8-11-6-9(14-8)7-12(3-2-10)4-5-13/h6,13H,2-5,7,10H2,1H3. The van der Waals surface area contributed by atoms with Crippen LogP contribution in [0.4, 0.5) is 0 Å². The number of aromatic nitrogens is 1. The molecule has 0 atom stereocenters. The lowest BCUT2D eigenvalue weighted by atomic mass is 10.4. The molecule has 14 heavy (non-hydrogen) atoms. The topological polar surface area (TPSA) is 62.4 Å². The average molecular weight is 215 g/mol. The quantitative estimate of drug-likeness (QED) is 0.712. The molecule has 0 radical (unpaired) electrons. The summed E-state index contributed by atoms with van der Waals surface area (Å²) < 4.78 is 0. The summed E-state index contributed by atoms with van der Waals surface area (Å²) in [5.41, 5.74) is 5.48. The maximum Gasteiger partial charge on any atom is 0.0897 e. The summed E-state index contributed by atoms with van der Waals surface area (Å²) in [6.07, 6.45) is 1.89. The fraction of sp³-hybridized carbons (Fsp3) is 0.667. The summed E-state index contributed by atoms with van der Waals surface area (Å²) >= 11 is 1.69. The van der Waals surface area contributed by atoms with E-state index in [1.54, 1.807) is 11.3 Å². The Morgan fingerprint density at radius 1 is 1.57 bits per heavy atom. The van der Waals surface area contributed by atoms with Crippen LogP contribution in [0.5, 0.6) is 0 Å². The SMILES string of the molecule is Cc1ncc(CN(CCN)CCO)s1. The molecule has 0 aliphatic carbocycles. The molecule has 0 bridgehead atoms. The first-order valence-electron chi connectivity index (χ1n) is 4.71. The lowest BCUT2D eigenvalue weighted by Crippen LogP contribution is -2.31. The normalized spacial score (nSPS) is 11.1. The maximum atomic E-state index is 8.85. The van der Waals surface area contributed by atoms with E-state index >= 15 is 0 Å². The number of hydrogen-bond donors (Lipinski definition) is 2. The number of aliphatic hydroxyl groups is 1. The van der Waals surface area contributed by atoms with Crippen molar-refractivity contribution >= 4 is 11.3 Å². The van der Waals surface area contributed by atoms with Crippen LogP contribution in [0.1, 0.15) is 9.88 Å². The van der Waals surface area contributed by atoms with Gasteiger partial charge in [-0.25, -0.2) is 4.98 Å². The third-order valence-electron chi connectivity index (χ3n) is 1.91. The minimum absolute atomic E-state index is 0.178. The number of nitrogens with zero attached hydrogens (tertiary/aromatic N) is 2. The molecule has 3 N–H and O–H groups in total. The number of aryl methyl sites for hydroxylation is 1. The fourth-order valence-corrected chi connectivity index (χ4v) is 2.13. The first kappa shape index (κ1) is 11.6. The Labute approximate surface area is 88.4 Å². The molecule has 1 aromatic rings. The third kappa shape index (κ3) is 3.71. The van der Waals surface area contributed by atoms with Crippen LogP contribution in [0.25, 0.3) is 0 Å². The summed E-state index contributed by atoms with van der Waals surface area (Å²) in [6, 6.07) is 0. The zero-order valence-electron chi connectivity index (χ0n) is 8.44. The van der Waals surface area contributed by atoms with Crippen molar-refractivity contribution < 1.29 is 5.11 Å². The van der Waals surface area contributed by atoms with Crippen LogP contribution in [0.15, 0.2) is 6.20 Å². The van der Waals surface area contributed by atoms with Crippen molar-refractivity contribution in [2.75, 3.05) is 26.2 Å². The van der Waals surface area contributed by atoms with Crippen LogP contribution in [0.2, 0.25) is 0 Å². The van der Waals surface area contributed by atoms with Gasteiger partial charge in [-0.05, 0) is 6.92 Å². The molecule has 4 nitrogen and oxygen atoms in total. The Morgan fingerprint density at radius 3 is 2.86 bits per heavy atom. The predicted molar refractivity (Wildman–Crippen MR) is 58.3 cm³/mol. The first-order chi connectivity index (χ1) is 6.76. The number of nitrogens with two attached hydrogens (primary N) is 1. The Kier molecular flexibility index (Phi) is 5.03. The van der Waals surface area contributed by atoms with E-state index in [0.29, 0.717) is 13.1 Å². The van der Waals surface area contributed by atoms with Crippen molar-refractivity contribution in [3.63, 3.8) is 0 Å². The van der Waals surface area contributed by atoms with E-state index in [4.69, 9.17) is 10.8 Å². The molecule has 0 aromatic carbocycles. The summed E-state index contributed by atoms with van der Waals surface area (Å²) in [5.74, 6) is 0. The Hall–Kier alpha value is -0.490. The highest BCUT2D eigenvalue weighted by atomic mass is 32.1. The van der Waals surface area contributed by atoms with E-state index in [0.717, 1.165) is 18.1 Å². The van der Waals surface area contributed by atoms with Crippen molar-refractivity contribution in [1.29, 1.82) is 0 Å². The molecule has 80 valence electrons. The van der Waals surface area contributed by atoms with Gasteiger partial charge in [0.15, 0.2) is 0 Å². The van der Waals surface area contributed by atoms with Crippen LogP contribution in [0, 0.1) is 6.92 Å². The Morgan fingerprint density at radius 2 is 2.36 bits per heavy atom. The zero-order chi connectivity index (χ0) is 10.4. The van der Waals surface area contributed by atoms with Gasteiger partial charge in [-0.15, -0.1) is 11.3 Å². The second-order valence-electron chi connectivity index (χ2n) is 3.13. The van der Waals surface area contributed by atoms with E-state index in [1.807, 2.05) is 13.1 Å². The van der Waals surface area contributed by atoms with Crippen molar-refractivity contribution in [1.82, 2.24) is 9.88 Å². The smallest absolute Gasteiger partial charge is 0.0897 e. The summed E-state index contributed by atoms with van der Waals surface area (Å²) in [7, 11) is 0. The van der Waals surface area contributed by atoms with Gasteiger partial charge in [0.25, 0.3) is 0 Å². The lowest BCUT2D eigenvalue weighted by molar-refractivity contribution is 0.195. The van der Waals surface area contributed by atoms with Gasteiger partial charge in [0.2, 0.25) is 0 Å². The second-order valence-corrected chi connectivity index (χ2v) is 4.45. The fourth-order valence-electron chi connectivity index (χ4n) is 1.29. The van der Waals surface area contributed by atoms with Crippen LogP contribution >= 0.6 is 11.3 Å². The Balaban J connectivity index is 2.46. The van der Waals surface area contributed by atoms with Crippen LogP contribution < -0.4 is 5.73 Å². The van der Waals surface area contributed by atoms with Gasteiger partial charge in [0.1, 0.15) is 0 Å². The molecule has 0 fully saturated rings. The average Bonchev–Trinajstić information content (AvgIpc) is 2.52. The molecule has 0 amide bonds. The van der Waals surface area contributed by atoms with E-state index < -0.39 is 0 Å². The zero-order valence-corrected chi connectivity index (χ0v) is 9.26. The minimum Gasteiger partial charge on any atom is -0.395 e. The molecular formula is C9H17N3OS. The number of aliphatic hydroxyl groups excluding tert-OH is 1. The summed E-state index contributed by atoms with van der Waals surface area (Å²) in [6.45, 7) is 5.12. The van der Waals surface area contributed by atoms with Gasteiger partial charge in [0, 0.05) is 37.3 Å². The van der Waals surface area contributed by atoms with E-state index in [1.165, 1.54) is 4.88 Å². The van der Waals surface area contributed by atoms with Crippen molar-refractivity contribution in [2.24, 2.45) is 5.73 Å². The minimum atomic E-state index is 0.178. The number of hydrogen-bond acceptors (Lipinski definition) is 5. The maximum absolute atomic E-state index is 8.85. The van der Waals surface area contributed by atoms with Crippen molar-refractivity contribution in [3.8, 4) is 0 Å². The van der Waals surface area contributed by atoms with Crippen molar-refractivity contribution in [3.05, 3.63) is 16.1 Å². The van der Waals surface area contributed by atoms with Gasteiger partial charge >= 0.3 is 0 Å². The van der Waals surface area contributed by atoms with Crippen LogP contribution in [-0.4, -0.2) is 41.2 Å². The molecular weight excluding hydrogens is 198 g/mol. The first-order valence-corrected chi connectivity index (χ1v) is 5.52. The summed E-state index contributed by atoms with van der Waals surface area (Å²) in [4.78, 5) is 7.55. The summed E-state index contributed by atoms with van der Waals surface area (Å²) in [5, 5.41) is 9.93. The second kappa shape index (κ2) is 6.08. The molecule has 0 saturated carbocycles. The number of thiazole rings is 1. The molecule has 0 saturated heterocycles. The van der Waals surface area contributed by atoms with E-state index in [-0.39, 0.29) is 6.61 Å². The van der Waals surface area contributed by atoms with Gasteiger partial charge in [0.05, 0.1) is 11.6 Å². The van der Waals surface area contributed by atoms with Gasteiger partial charge in [-0.2, -0.15) is 0 Å². The van der Waals surface area contributed by atoms with Gasteiger partial charge in [-0.1, -0.05) is 0 Å². The van der Waals surface area contributed by atoms with E-state index in [2.05, 4.69) is 9.88 Å². The van der Waals surface area contributed by atoms with E-state index in [9.17, 15) is 0 Å². The van der Waals surface area contributed by atoms with Gasteiger partial charge in [-0.3, -0.25) is 4.90 Å². The lowest BCUT2D eigenvalue weighted by Gasteiger charge is -2.18. The predicted octanol–water partition coefficient (Wildman–Crippen LogP) is 0.205. The van der Waals surface area contributed by atoms with Gasteiger partial charge < -0.3 is 10.8 Å². The third-order valence-corrected chi connectivity index (χ3v) is 2.81. The molecule has 0 aliphatic rings. The highest BCUT2D eigenvalue weighted by Gasteiger charge is 2.06. The monoisotopic (exact) mass is 215 g/mol. The molecule has 0 spiro atoms. The largest absolute Gasteiger partial charge is 0.395 e. The highest BCUT2D eigenvalue weighted by molar-refractivity contribution is 7.11. The number of rotatable bonds is 6. The van der Waals surface area contributed by atoms with Crippen LogP contribution in [-0.2, 0) is 6.54 Å². The molecule has 5 heteroatoms. The van der Waals surface area contributed by atoms with Crippen LogP contribution in [0.3, 0.4) is 0 Å².